The van der Waals surface area contributed by atoms with Crippen LogP contribution in [0.3, 0.4) is 0 Å². The monoisotopic (exact) mass is 281 g/mol. The van der Waals surface area contributed by atoms with Crippen molar-refractivity contribution < 1.29 is 4.79 Å². The molecule has 0 aromatic carbocycles. The quantitative estimate of drug-likeness (QED) is 0.675. The first-order chi connectivity index (χ1) is 9.54. The zero-order valence-electron chi connectivity index (χ0n) is 13.0. The molecule has 0 bridgehead atoms. The molecule has 0 aliphatic rings. The van der Waals surface area contributed by atoms with Gasteiger partial charge in [-0.25, -0.2) is 4.68 Å². The summed E-state index contributed by atoms with van der Waals surface area (Å²) in [5.74, 6) is -0.00521. The number of nitrogens with one attached hydrogen (secondary N) is 2. The summed E-state index contributed by atoms with van der Waals surface area (Å²) < 4.78 is 1.62. The van der Waals surface area contributed by atoms with E-state index < -0.39 is 0 Å². The lowest BCUT2D eigenvalue weighted by Crippen LogP contribution is -2.32. The molecular formula is C14H27N5O. The van der Waals surface area contributed by atoms with Crippen molar-refractivity contribution in [1.82, 2.24) is 25.6 Å². The van der Waals surface area contributed by atoms with Crippen molar-refractivity contribution in [2.24, 2.45) is 0 Å². The van der Waals surface area contributed by atoms with E-state index in [-0.39, 0.29) is 11.9 Å². The summed E-state index contributed by atoms with van der Waals surface area (Å²) in [5.41, 5.74) is 0.851. The van der Waals surface area contributed by atoms with Crippen molar-refractivity contribution in [1.29, 1.82) is 0 Å². The lowest BCUT2D eigenvalue weighted by Gasteiger charge is -2.11. The molecule has 6 heteroatoms. The van der Waals surface area contributed by atoms with Crippen LogP contribution < -0.4 is 10.6 Å². The Morgan fingerprint density at radius 2 is 2.10 bits per heavy atom. The van der Waals surface area contributed by atoms with Crippen LogP contribution in [-0.4, -0.2) is 33.5 Å². The summed E-state index contributed by atoms with van der Waals surface area (Å²) in [6.07, 6.45) is 5.14. The number of unbranched alkanes of at least 4 members (excludes halogenated alkanes) is 2. The highest BCUT2D eigenvalue weighted by Gasteiger charge is 2.16. The van der Waals surface area contributed by atoms with E-state index >= 15 is 0 Å². The molecule has 0 aliphatic carbocycles. The zero-order valence-corrected chi connectivity index (χ0v) is 13.0. The van der Waals surface area contributed by atoms with Gasteiger partial charge in [0, 0.05) is 19.1 Å². The van der Waals surface area contributed by atoms with Gasteiger partial charge in [-0.05, 0) is 13.3 Å². The Morgan fingerprint density at radius 3 is 2.75 bits per heavy atom. The molecule has 0 saturated carbocycles. The highest BCUT2D eigenvalue weighted by molar-refractivity contribution is 5.79. The fourth-order valence-electron chi connectivity index (χ4n) is 1.75. The Bertz CT molecular complexity index is 402. The minimum atomic E-state index is -0.322. The van der Waals surface area contributed by atoms with Crippen LogP contribution in [0, 0.1) is 0 Å². The third-order valence-corrected chi connectivity index (χ3v) is 3.10. The van der Waals surface area contributed by atoms with Crippen LogP contribution in [0.2, 0.25) is 0 Å². The molecule has 20 heavy (non-hydrogen) atoms. The van der Waals surface area contributed by atoms with Crippen molar-refractivity contribution in [2.45, 2.75) is 65.6 Å². The lowest BCUT2D eigenvalue weighted by molar-refractivity contribution is -0.124. The number of rotatable bonds is 9. The summed E-state index contributed by atoms with van der Waals surface area (Å²) in [6.45, 7) is 9.54. The first-order valence-electron chi connectivity index (χ1n) is 7.46. The fourth-order valence-corrected chi connectivity index (χ4v) is 1.75. The Balaban J connectivity index is 2.42. The fraction of sp³-hybridized carbons (Fsp3) is 0.786. The van der Waals surface area contributed by atoms with Gasteiger partial charge < -0.3 is 10.6 Å². The Morgan fingerprint density at radius 1 is 1.35 bits per heavy atom. The number of nitrogens with zero attached hydrogens (tertiary/aromatic N) is 3. The van der Waals surface area contributed by atoms with E-state index in [0.29, 0.717) is 12.6 Å². The molecule has 1 unspecified atom stereocenters. The molecule has 1 aromatic rings. The predicted molar refractivity (Wildman–Crippen MR) is 79.2 cm³/mol. The highest BCUT2D eigenvalue weighted by atomic mass is 16.2. The lowest BCUT2D eigenvalue weighted by atomic mass is 10.2. The molecule has 1 atom stereocenters. The van der Waals surface area contributed by atoms with Gasteiger partial charge in [-0.1, -0.05) is 38.8 Å². The van der Waals surface area contributed by atoms with Crippen LogP contribution in [-0.2, 0) is 11.3 Å². The standard InChI is InChI=1S/C14H27N5O/c1-5-6-7-8-15-14(20)12(4)19-10-13(17-18-19)9-16-11(2)3/h10-12,16H,5-9H2,1-4H3,(H,15,20). The van der Waals surface area contributed by atoms with Crippen molar-refractivity contribution in [3.63, 3.8) is 0 Å². The second-order valence-electron chi connectivity index (χ2n) is 5.40. The molecule has 0 aliphatic heterocycles. The van der Waals surface area contributed by atoms with Gasteiger partial charge in [-0.2, -0.15) is 0 Å². The maximum Gasteiger partial charge on any atom is 0.244 e. The summed E-state index contributed by atoms with van der Waals surface area (Å²) in [7, 11) is 0. The summed E-state index contributed by atoms with van der Waals surface area (Å²) in [4.78, 5) is 12.0. The van der Waals surface area contributed by atoms with Gasteiger partial charge in [0.15, 0.2) is 0 Å². The zero-order chi connectivity index (χ0) is 15.0. The molecule has 0 spiro atoms. The number of hydrogen-bond donors (Lipinski definition) is 2. The molecule has 1 rings (SSSR count). The minimum Gasteiger partial charge on any atom is -0.354 e. The van der Waals surface area contributed by atoms with E-state index in [4.69, 9.17) is 0 Å². The second-order valence-corrected chi connectivity index (χ2v) is 5.40. The SMILES string of the molecule is CCCCCNC(=O)C(C)n1cc(CNC(C)C)nn1. The van der Waals surface area contributed by atoms with Crippen LogP contribution >= 0.6 is 0 Å². The largest absolute Gasteiger partial charge is 0.354 e. The number of carbonyl (C=O) groups excluding carboxylic acids is 1. The summed E-state index contributed by atoms with van der Waals surface area (Å²) in [5, 5.41) is 14.3. The average molecular weight is 281 g/mol. The number of carbonyl (C=O) groups is 1. The first-order valence-corrected chi connectivity index (χ1v) is 7.46. The van der Waals surface area contributed by atoms with Crippen molar-refractivity contribution in [2.75, 3.05) is 6.54 Å². The van der Waals surface area contributed by atoms with Gasteiger partial charge in [-0.15, -0.1) is 5.10 Å². The average Bonchev–Trinajstić information content (AvgIpc) is 2.89. The molecular weight excluding hydrogens is 254 g/mol. The van der Waals surface area contributed by atoms with Crippen LogP contribution in [0.4, 0.5) is 0 Å². The third kappa shape index (κ3) is 5.69. The van der Waals surface area contributed by atoms with Crippen molar-refractivity contribution in [3.8, 4) is 0 Å². The summed E-state index contributed by atoms with van der Waals surface area (Å²) in [6, 6.07) is 0.0800. The minimum absolute atomic E-state index is 0.00521. The normalized spacial score (nSPS) is 12.7. The third-order valence-electron chi connectivity index (χ3n) is 3.10. The van der Waals surface area contributed by atoms with E-state index in [1.807, 2.05) is 13.1 Å². The Hall–Kier alpha value is -1.43. The molecule has 0 saturated heterocycles. The van der Waals surface area contributed by atoms with Crippen molar-refractivity contribution >= 4 is 5.91 Å². The molecule has 0 fully saturated rings. The first kappa shape index (κ1) is 16.6. The van der Waals surface area contributed by atoms with Crippen LogP contribution in [0.15, 0.2) is 6.20 Å². The molecule has 1 heterocycles. The van der Waals surface area contributed by atoms with E-state index in [0.717, 1.165) is 31.5 Å². The van der Waals surface area contributed by atoms with Gasteiger partial charge in [-0.3, -0.25) is 4.79 Å². The van der Waals surface area contributed by atoms with E-state index in [9.17, 15) is 4.79 Å². The second kappa shape index (κ2) is 8.68. The van der Waals surface area contributed by atoms with Crippen molar-refractivity contribution in [3.05, 3.63) is 11.9 Å². The molecule has 1 amide bonds. The molecule has 2 N–H and O–H groups in total. The van der Waals surface area contributed by atoms with E-state index in [1.54, 1.807) is 4.68 Å². The number of aromatic nitrogens is 3. The maximum atomic E-state index is 12.0. The van der Waals surface area contributed by atoms with E-state index in [1.165, 1.54) is 0 Å². The van der Waals surface area contributed by atoms with Gasteiger partial charge in [0.2, 0.25) is 5.91 Å². The maximum absolute atomic E-state index is 12.0. The van der Waals surface area contributed by atoms with Crippen LogP contribution in [0.5, 0.6) is 0 Å². The smallest absolute Gasteiger partial charge is 0.244 e. The number of hydrogen-bond acceptors (Lipinski definition) is 4. The Labute approximate surface area is 121 Å². The summed E-state index contributed by atoms with van der Waals surface area (Å²) >= 11 is 0. The Kier molecular flexibility index (Phi) is 7.22. The topological polar surface area (TPSA) is 71.8 Å². The molecule has 114 valence electrons. The predicted octanol–water partition coefficient (Wildman–Crippen LogP) is 1.64. The van der Waals surface area contributed by atoms with Crippen LogP contribution in [0.1, 0.15) is 58.7 Å². The van der Waals surface area contributed by atoms with E-state index in [2.05, 4.69) is 41.7 Å². The molecule has 6 nitrogen and oxygen atoms in total. The molecule has 0 radical (unpaired) electrons. The molecule has 1 aromatic heterocycles. The van der Waals surface area contributed by atoms with Crippen LogP contribution in [0.25, 0.3) is 0 Å². The van der Waals surface area contributed by atoms with Gasteiger partial charge >= 0.3 is 0 Å². The van der Waals surface area contributed by atoms with Gasteiger partial charge in [0.25, 0.3) is 0 Å². The van der Waals surface area contributed by atoms with Gasteiger partial charge in [0.05, 0.1) is 11.9 Å². The van der Waals surface area contributed by atoms with Gasteiger partial charge in [0.1, 0.15) is 6.04 Å². The highest BCUT2D eigenvalue weighted by Crippen LogP contribution is 2.05. The number of amides is 1.